The van der Waals surface area contributed by atoms with Gasteiger partial charge in [0.25, 0.3) is 0 Å². The molecular weight excluding hydrogens is 264 g/mol. The molecule has 4 N–H and O–H groups in total. The highest BCUT2D eigenvalue weighted by Gasteiger charge is 2.11. The van der Waals surface area contributed by atoms with Crippen LogP contribution in [-0.2, 0) is 6.61 Å². The fourth-order valence-corrected chi connectivity index (χ4v) is 1.96. The Bertz CT molecular complexity index is 614. The first kappa shape index (κ1) is 13.2. The fraction of sp³-hybridized carbons (Fsp3) is 0.0714. The van der Waals surface area contributed by atoms with Crippen molar-refractivity contribution in [3.63, 3.8) is 0 Å². The molecule has 0 aliphatic rings. The summed E-state index contributed by atoms with van der Waals surface area (Å²) >= 11 is 5.99. The number of ether oxygens (including phenoxy) is 1. The van der Waals surface area contributed by atoms with Gasteiger partial charge in [0, 0.05) is 0 Å². The van der Waals surface area contributed by atoms with Gasteiger partial charge in [0.15, 0.2) is 0 Å². The highest BCUT2D eigenvalue weighted by atomic mass is 35.5. The monoisotopic (exact) mass is 276 g/mol. The van der Waals surface area contributed by atoms with Crippen molar-refractivity contribution in [2.24, 2.45) is 5.73 Å². The van der Waals surface area contributed by atoms with E-state index in [4.69, 9.17) is 27.5 Å². The molecule has 5 heteroatoms. The Hall–Kier alpha value is -2.20. The second kappa shape index (κ2) is 5.63. The van der Waals surface area contributed by atoms with Gasteiger partial charge in [-0.05, 0) is 29.8 Å². The molecule has 0 fully saturated rings. The molecule has 0 saturated carbocycles. The molecule has 0 atom stereocenters. The molecule has 0 aliphatic heterocycles. The molecule has 0 radical (unpaired) electrons. The molecule has 0 bridgehead atoms. The Morgan fingerprint density at radius 3 is 2.68 bits per heavy atom. The Labute approximate surface area is 115 Å². The van der Waals surface area contributed by atoms with Crippen LogP contribution in [0, 0.1) is 5.41 Å². The Morgan fingerprint density at radius 1 is 1.26 bits per heavy atom. The van der Waals surface area contributed by atoms with E-state index in [0.29, 0.717) is 16.3 Å². The number of nitrogens with two attached hydrogens (primary N) is 1. The number of aromatic hydroxyl groups is 1. The molecule has 19 heavy (non-hydrogen) atoms. The number of rotatable bonds is 4. The molecule has 2 rings (SSSR count). The average molecular weight is 277 g/mol. The number of phenols is 1. The second-order valence-electron chi connectivity index (χ2n) is 3.99. The molecule has 0 heterocycles. The minimum absolute atomic E-state index is 0.142. The van der Waals surface area contributed by atoms with Crippen molar-refractivity contribution in [3.05, 3.63) is 58.6 Å². The predicted octanol–water partition coefficient (Wildman–Crippen LogP) is 2.91. The number of hydrogen-bond donors (Lipinski definition) is 3. The van der Waals surface area contributed by atoms with Gasteiger partial charge < -0.3 is 15.6 Å². The van der Waals surface area contributed by atoms with Crippen LogP contribution < -0.4 is 10.5 Å². The number of nitrogens with one attached hydrogen (secondary N) is 1. The van der Waals surface area contributed by atoms with Gasteiger partial charge in [-0.25, -0.2) is 0 Å². The summed E-state index contributed by atoms with van der Waals surface area (Å²) in [5.41, 5.74) is 6.68. The predicted molar refractivity (Wildman–Crippen MR) is 74.9 cm³/mol. The minimum Gasteiger partial charge on any atom is -0.508 e. The van der Waals surface area contributed by atoms with E-state index in [-0.39, 0.29) is 18.2 Å². The lowest BCUT2D eigenvalue weighted by atomic mass is 10.2. The maximum absolute atomic E-state index is 9.37. The number of benzene rings is 2. The van der Waals surface area contributed by atoms with Crippen molar-refractivity contribution < 1.29 is 9.84 Å². The highest BCUT2D eigenvalue weighted by molar-refractivity contribution is 6.34. The third-order valence-electron chi connectivity index (χ3n) is 2.55. The van der Waals surface area contributed by atoms with E-state index in [1.807, 2.05) is 6.07 Å². The molecule has 2 aromatic carbocycles. The Morgan fingerprint density at radius 2 is 2.00 bits per heavy atom. The number of hydrogen-bond acceptors (Lipinski definition) is 3. The number of nitrogen functional groups attached to an aromatic ring is 1. The van der Waals surface area contributed by atoms with Crippen molar-refractivity contribution >= 4 is 17.4 Å². The van der Waals surface area contributed by atoms with E-state index >= 15 is 0 Å². The zero-order valence-electron chi connectivity index (χ0n) is 10.1. The van der Waals surface area contributed by atoms with Gasteiger partial charge in [0.05, 0.1) is 10.6 Å². The summed E-state index contributed by atoms with van der Waals surface area (Å²) in [5.74, 6) is 0.485. The van der Waals surface area contributed by atoms with Crippen LogP contribution in [0.2, 0.25) is 5.02 Å². The van der Waals surface area contributed by atoms with Crippen molar-refractivity contribution in [1.82, 2.24) is 0 Å². The lowest BCUT2D eigenvalue weighted by Gasteiger charge is -2.12. The Balaban J connectivity index is 2.20. The van der Waals surface area contributed by atoms with Gasteiger partial charge >= 0.3 is 0 Å². The van der Waals surface area contributed by atoms with Crippen LogP contribution in [0.15, 0.2) is 42.5 Å². The first-order chi connectivity index (χ1) is 9.08. The zero-order valence-corrected chi connectivity index (χ0v) is 10.8. The van der Waals surface area contributed by atoms with Crippen LogP contribution in [0.5, 0.6) is 11.5 Å². The van der Waals surface area contributed by atoms with Crippen molar-refractivity contribution in [2.45, 2.75) is 6.61 Å². The lowest BCUT2D eigenvalue weighted by Crippen LogP contribution is -2.13. The highest BCUT2D eigenvalue weighted by Crippen LogP contribution is 2.26. The standard InChI is InChI=1S/C14H13ClN2O2/c15-11-5-2-6-12(13(11)14(16)17)19-8-9-3-1-4-10(18)7-9/h1-7,18H,8H2,(H3,16,17). The van der Waals surface area contributed by atoms with Gasteiger partial charge in [-0.3, -0.25) is 5.41 Å². The topological polar surface area (TPSA) is 79.3 Å². The van der Waals surface area contributed by atoms with Gasteiger partial charge in [0.1, 0.15) is 23.9 Å². The first-order valence-corrected chi connectivity index (χ1v) is 5.99. The maximum atomic E-state index is 9.37. The van der Waals surface area contributed by atoms with Gasteiger partial charge in [-0.1, -0.05) is 29.8 Å². The summed E-state index contributed by atoms with van der Waals surface area (Å²) in [6.07, 6.45) is 0. The normalized spacial score (nSPS) is 10.2. The molecule has 98 valence electrons. The second-order valence-corrected chi connectivity index (χ2v) is 4.39. The molecule has 0 aromatic heterocycles. The Kier molecular flexibility index (Phi) is 3.92. The fourth-order valence-electron chi connectivity index (χ4n) is 1.69. The van der Waals surface area contributed by atoms with E-state index in [0.717, 1.165) is 5.56 Å². The van der Waals surface area contributed by atoms with E-state index in [9.17, 15) is 5.11 Å². The molecule has 2 aromatic rings. The summed E-state index contributed by atoms with van der Waals surface area (Å²) < 4.78 is 5.60. The summed E-state index contributed by atoms with van der Waals surface area (Å²) in [7, 11) is 0. The average Bonchev–Trinajstić information content (AvgIpc) is 2.36. The van der Waals surface area contributed by atoms with Crippen LogP contribution in [0.3, 0.4) is 0 Å². The summed E-state index contributed by atoms with van der Waals surface area (Å²) in [4.78, 5) is 0. The molecule has 0 saturated heterocycles. The largest absolute Gasteiger partial charge is 0.508 e. The molecule has 0 spiro atoms. The summed E-state index contributed by atoms with van der Waals surface area (Å²) in [5, 5.41) is 17.2. The molecular formula is C14H13ClN2O2. The van der Waals surface area contributed by atoms with E-state index in [1.54, 1.807) is 36.4 Å². The number of phenolic OH excluding ortho intramolecular Hbond substituents is 1. The lowest BCUT2D eigenvalue weighted by molar-refractivity contribution is 0.305. The first-order valence-electron chi connectivity index (χ1n) is 5.61. The van der Waals surface area contributed by atoms with Crippen molar-refractivity contribution in [3.8, 4) is 11.5 Å². The quantitative estimate of drug-likeness (QED) is 0.593. The molecule has 0 unspecified atom stereocenters. The van der Waals surface area contributed by atoms with Crippen LogP contribution >= 0.6 is 11.6 Å². The third kappa shape index (κ3) is 3.17. The number of amidine groups is 1. The maximum Gasteiger partial charge on any atom is 0.132 e. The van der Waals surface area contributed by atoms with Crippen LogP contribution in [0.1, 0.15) is 11.1 Å². The van der Waals surface area contributed by atoms with Gasteiger partial charge in [0.2, 0.25) is 0 Å². The van der Waals surface area contributed by atoms with Crippen LogP contribution in [0.4, 0.5) is 0 Å². The van der Waals surface area contributed by atoms with E-state index < -0.39 is 0 Å². The van der Waals surface area contributed by atoms with Gasteiger partial charge in [-0.2, -0.15) is 0 Å². The van der Waals surface area contributed by atoms with Crippen LogP contribution in [-0.4, -0.2) is 10.9 Å². The SMILES string of the molecule is N=C(N)c1c(Cl)cccc1OCc1cccc(O)c1. The summed E-state index contributed by atoms with van der Waals surface area (Å²) in [6, 6.07) is 11.8. The molecule has 4 nitrogen and oxygen atoms in total. The number of halogens is 1. The smallest absolute Gasteiger partial charge is 0.132 e. The van der Waals surface area contributed by atoms with Crippen molar-refractivity contribution in [2.75, 3.05) is 0 Å². The van der Waals surface area contributed by atoms with E-state index in [2.05, 4.69) is 0 Å². The minimum atomic E-state index is -0.142. The third-order valence-corrected chi connectivity index (χ3v) is 2.86. The zero-order chi connectivity index (χ0) is 13.8. The molecule has 0 aliphatic carbocycles. The van der Waals surface area contributed by atoms with Crippen LogP contribution in [0.25, 0.3) is 0 Å². The summed E-state index contributed by atoms with van der Waals surface area (Å²) in [6.45, 7) is 0.259. The van der Waals surface area contributed by atoms with Crippen molar-refractivity contribution in [1.29, 1.82) is 5.41 Å². The molecule has 0 amide bonds. The van der Waals surface area contributed by atoms with Gasteiger partial charge in [-0.15, -0.1) is 0 Å². The van der Waals surface area contributed by atoms with E-state index in [1.165, 1.54) is 0 Å².